The van der Waals surface area contributed by atoms with E-state index in [1.807, 2.05) is 17.2 Å². The highest BCUT2D eigenvalue weighted by atomic mass is 16.5. The van der Waals surface area contributed by atoms with E-state index in [2.05, 4.69) is 16.0 Å². The number of carbonyl (C=O) groups is 1. The van der Waals surface area contributed by atoms with Crippen LogP contribution in [0.3, 0.4) is 0 Å². The molecule has 0 spiro atoms. The Bertz CT molecular complexity index is 563. The summed E-state index contributed by atoms with van der Waals surface area (Å²) in [4.78, 5) is 20.9. The summed E-state index contributed by atoms with van der Waals surface area (Å²) in [6.07, 6.45) is 5.91. The SMILES string of the molecule is COCCOCC(=O)N1CCC(N2C[C@H](OC)[C@@H]2c2cccnc2)CC1. The second kappa shape index (κ2) is 9.41. The minimum Gasteiger partial charge on any atom is -0.382 e. The Kier molecular flexibility index (Phi) is 6.96. The fraction of sp³-hybridized carbons (Fsp3) is 0.684. The highest BCUT2D eigenvalue weighted by Crippen LogP contribution is 2.39. The Balaban J connectivity index is 1.49. The normalized spacial score (nSPS) is 24.5. The molecule has 0 N–H and O–H groups in total. The summed E-state index contributed by atoms with van der Waals surface area (Å²) in [5, 5.41) is 0. The first-order valence-electron chi connectivity index (χ1n) is 9.27. The molecule has 0 unspecified atom stereocenters. The van der Waals surface area contributed by atoms with Crippen molar-refractivity contribution < 1.29 is 19.0 Å². The van der Waals surface area contributed by atoms with Gasteiger partial charge in [-0.15, -0.1) is 0 Å². The van der Waals surface area contributed by atoms with Crippen LogP contribution in [-0.4, -0.2) is 86.5 Å². The molecule has 1 amide bonds. The molecule has 0 bridgehead atoms. The lowest BCUT2D eigenvalue weighted by molar-refractivity contribution is -0.142. The van der Waals surface area contributed by atoms with Gasteiger partial charge in [-0.25, -0.2) is 0 Å². The van der Waals surface area contributed by atoms with Crippen molar-refractivity contribution in [3.05, 3.63) is 30.1 Å². The zero-order valence-corrected chi connectivity index (χ0v) is 15.7. The summed E-state index contributed by atoms with van der Waals surface area (Å²) in [5.74, 6) is 0.0711. The molecule has 144 valence electrons. The molecule has 3 heterocycles. The lowest BCUT2D eigenvalue weighted by Crippen LogP contribution is -2.60. The van der Waals surface area contributed by atoms with E-state index in [0.717, 1.165) is 32.5 Å². The lowest BCUT2D eigenvalue weighted by atomic mass is 9.87. The van der Waals surface area contributed by atoms with Crippen molar-refractivity contribution in [2.45, 2.75) is 31.0 Å². The van der Waals surface area contributed by atoms with Gasteiger partial charge in [0.2, 0.25) is 5.91 Å². The predicted octanol–water partition coefficient (Wildman–Crippen LogP) is 1.11. The highest BCUT2D eigenvalue weighted by Gasteiger charge is 2.44. The number of carbonyl (C=O) groups excluding carboxylic acids is 1. The standard InChI is InChI=1S/C19H29N3O4/c1-24-10-11-26-14-18(23)21-8-5-16(6-9-21)22-13-17(25-2)19(22)15-4-3-7-20-12-15/h3-4,7,12,16-17,19H,5-6,8-11,13-14H2,1-2H3/t17-,19-/m0/s1. The molecule has 2 atom stereocenters. The number of hydrogen-bond donors (Lipinski definition) is 0. The fourth-order valence-corrected chi connectivity index (χ4v) is 3.87. The molecule has 0 aromatic carbocycles. The molecular weight excluding hydrogens is 334 g/mol. The van der Waals surface area contributed by atoms with Crippen molar-refractivity contribution in [1.29, 1.82) is 0 Å². The Morgan fingerprint density at radius 1 is 1.27 bits per heavy atom. The molecule has 1 aromatic heterocycles. The third-order valence-corrected chi connectivity index (χ3v) is 5.37. The van der Waals surface area contributed by atoms with Crippen LogP contribution in [0.4, 0.5) is 0 Å². The van der Waals surface area contributed by atoms with Crippen molar-refractivity contribution in [3.8, 4) is 0 Å². The van der Waals surface area contributed by atoms with Crippen LogP contribution in [0.25, 0.3) is 0 Å². The Morgan fingerprint density at radius 3 is 2.73 bits per heavy atom. The van der Waals surface area contributed by atoms with Crippen LogP contribution in [0.15, 0.2) is 24.5 Å². The maximum absolute atomic E-state index is 12.2. The molecule has 7 heteroatoms. The molecule has 3 rings (SSSR count). The largest absolute Gasteiger partial charge is 0.382 e. The Morgan fingerprint density at radius 2 is 2.08 bits per heavy atom. The zero-order chi connectivity index (χ0) is 18.4. The van der Waals surface area contributed by atoms with Gasteiger partial charge in [-0.2, -0.15) is 0 Å². The van der Waals surface area contributed by atoms with Crippen LogP contribution in [-0.2, 0) is 19.0 Å². The van der Waals surface area contributed by atoms with Gasteiger partial charge in [0.25, 0.3) is 0 Å². The van der Waals surface area contributed by atoms with Gasteiger partial charge in [0, 0.05) is 52.3 Å². The number of hydrogen-bond acceptors (Lipinski definition) is 6. The van der Waals surface area contributed by atoms with E-state index in [-0.39, 0.29) is 24.7 Å². The highest BCUT2D eigenvalue weighted by molar-refractivity contribution is 5.77. The second-order valence-corrected chi connectivity index (χ2v) is 6.86. The molecule has 2 saturated heterocycles. The van der Waals surface area contributed by atoms with Crippen molar-refractivity contribution >= 4 is 5.91 Å². The molecule has 1 aromatic rings. The smallest absolute Gasteiger partial charge is 0.248 e. The van der Waals surface area contributed by atoms with Gasteiger partial charge in [-0.3, -0.25) is 14.7 Å². The zero-order valence-electron chi connectivity index (χ0n) is 15.7. The summed E-state index contributed by atoms with van der Waals surface area (Å²) in [5.41, 5.74) is 1.20. The number of rotatable bonds is 8. The van der Waals surface area contributed by atoms with E-state index in [0.29, 0.717) is 19.3 Å². The summed E-state index contributed by atoms with van der Waals surface area (Å²) < 4.78 is 15.9. The third-order valence-electron chi connectivity index (χ3n) is 5.37. The Labute approximate surface area is 155 Å². The number of ether oxygens (including phenoxy) is 3. The van der Waals surface area contributed by atoms with E-state index in [4.69, 9.17) is 14.2 Å². The van der Waals surface area contributed by atoms with E-state index >= 15 is 0 Å². The number of piperidine rings is 1. The van der Waals surface area contributed by atoms with Gasteiger partial charge in [0.05, 0.1) is 25.4 Å². The minimum absolute atomic E-state index is 0.0711. The first kappa shape index (κ1) is 19.2. The van der Waals surface area contributed by atoms with Crippen molar-refractivity contribution in [1.82, 2.24) is 14.8 Å². The van der Waals surface area contributed by atoms with Gasteiger partial charge in [-0.1, -0.05) is 6.07 Å². The molecule has 2 aliphatic heterocycles. The molecule has 26 heavy (non-hydrogen) atoms. The van der Waals surface area contributed by atoms with Gasteiger partial charge in [0.1, 0.15) is 6.61 Å². The summed E-state index contributed by atoms with van der Waals surface area (Å²) in [6, 6.07) is 4.83. The monoisotopic (exact) mass is 363 g/mol. The van der Waals surface area contributed by atoms with Crippen molar-refractivity contribution in [3.63, 3.8) is 0 Å². The first-order chi connectivity index (χ1) is 12.7. The van der Waals surface area contributed by atoms with Crippen LogP contribution < -0.4 is 0 Å². The van der Waals surface area contributed by atoms with E-state index < -0.39 is 0 Å². The average molecular weight is 363 g/mol. The van der Waals surface area contributed by atoms with Crippen LogP contribution in [0.1, 0.15) is 24.4 Å². The number of pyridine rings is 1. The topological polar surface area (TPSA) is 64.1 Å². The van der Waals surface area contributed by atoms with Crippen molar-refractivity contribution in [2.24, 2.45) is 0 Å². The van der Waals surface area contributed by atoms with E-state index in [1.54, 1.807) is 20.4 Å². The average Bonchev–Trinajstić information content (AvgIpc) is 2.66. The minimum atomic E-state index is 0.0711. The molecule has 0 aliphatic carbocycles. The second-order valence-electron chi connectivity index (χ2n) is 6.86. The van der Waals surface area contributed by atoms with Crippen LogP contribution in [0, 0.1) is 0 Å². The number of amides is 1. The number of aromatic nitrogens is 1. The molecule has 2 fully saturated rings. The summed E-state index contributed by atoms with van der Waals surface area (Å²) >= 11 is 0. The molecule has 2 aliphatic rings. The van der Waals surface area contributed by atoms with Gasteiger partial charge in [0.15, 0.2) is 0 Å². The fourth-order valence-electron chi connectivity index (χ4n) is 3.87. The van der Waals surface area contributed by atoms with Crippen LogP contribution in [0.5, 0.6) is 0 Å². The predicted molar refractivity (Wildman–Crippen MR) is 96.8 cm³/mol. The molecular formula is C19H29N3O4. The van der Waals surface area contributed by atoms with Crippen LogP contribution >= 0.6 is 0 Å². The summed E-state index contributed by atoms with van der Waals surface area (Å²) in [6.45, 7) is 3.62. The number of methoxy groups -OCH3 is 2. The Hall–Kier alpha value is -1.54. The van der Waals surface area contributed by atoms with Crippen molar-refractivity contribution in [2.75, 3.05) is 53.7 Å². The van der Waals surface area contributed by atoms with Gasteiger partial charge >= 0.3 is 0 Å². The maximum atomic E-state index is 12.2. The first-order valence-corrected chi connectivity index (χ1v) is 9.27. The number of likely N-dealkylation sites (tertiary alicyclic amines) is 2. The summed E-state index contributed by atoms with van der Waals surface area (Å²) in [7, 11) is 3.40. The molecule has 7 nitrogen and oxygen atoms in total. The number of nitrogens with zero attached hydrogens (tertiary/aromatic N) is 3. The molecule has 0 saturated carbocycles. The quantitative estimate of drug-likeness (QED) is 0.645. The van der Waals surface area contributed by atoms with Gasteiger partial charge < -0.3 is 19.1 Å². The maximum Gasteiger partial charge on any atom is 0.248 e. The lowest BCUT2D eigenvalue weighted by Gasteiger charge is -2.52. The van der Waals surface area contributed by atoms with E-state index in [9.17, 15) is 4.79 Å². The van der Waals surface area contributed by atoms with E-state index in [1.165, 1.54) is 5.56 Å². The third kappa shape index (κ3) is 4.40. The van der Waals surface area contributed by atoms with Gasteiger partial charge in [-0.05, 0) is 24.5 Å². The van der Waals surface area contributed by atoms with Crippen LogP contribution in [0.2, 0.25) is 0 Å². The molecule has 0 radical (unpaired) electrons.